The lowest BCUT2D eigenvalue weighted by molar-refractivity contribution is -0.137. The number of aryl methyl sites for hydroxylation is 2. The van der Waals surface area contributed by atoms with Crippen LogP contribution < -0.4 is 0 Å². The lowest BCUT2D eigenvalue weighted by Crippen LogP contribution is -2.09. The first-order valence-corrected chi connectivity index (χ1v) is 8.84. The summed E-state index contributed by atoms with van der Waals surface area (Å²) in [5.41, 5.74) is 5.19. The van der Waals surface area contributed by atoms with Crippen molar-refractivity contribution in [2.75, 3.05) is 0 Å². The molecule has 0 aromatic heterocycles. The number of halogens is 3. The van der Waals surface area contributed by atoms with Gasteiger partial charge in [-0.3, -0.25) is 0 Å². The fraction of sp³-hybridized carbons (Fsp3) is 0.217. The standard InChI is InChI=1S/C23H19F3/c24-23(25,26)19-9-5-6-16(14-19)15-22-20-10-3-1-7-17(20)12-13-18-8-2-4-11-21(18)22/h1-11,14,22H,12-13,15H2. The molecule has 3 aromatic carbocycles. The Hall–Kier alpha value is -2.55. The molecule has 0 N–H and O–H groups in total. The maximum atomic E-state index is 13.1. The second-order valence-corrected chi connectivity index (χ2v) is 6.85. The van der Waals surface area contributed by atoms with Gasteiger partial charge in [0.25, 0.3) is 0 Å². The van der Waals surface area contributed by atoms with Gasteiger partial charge in [-0.1, -0.05) is 66.7 Å². The molecule has 0 aliphatic heterocycles. The fourth-order valence-electron chi connectivity index (χ4n) is 3.97. The number of alkyl halides is 3. The van der Waals surface area contributed by atoms with Gasteiger partial charge in [0.1, 0.15) is 0 Å². The summed E-state index contributed by atoms with van der Waals surface area (Å²) in [6.07, 6.45) is -1.81. The monoisotopic (exact) mass is 352 g/mol. The first-order valence-electron chi connectivity index (χ1n) is 8.84. The van der Waals surface area contributed by atoms with E-state index in [1.165, 1.54) is 34.4 Å². The zero-order valence-corrected chi connectivity index (χ0v) is 14.3. The maximum Gasteiger partial charge on any atom is 0.416 e. The molecule has 0 fully saturated rings. The predicted octanol–water partition coefficient (Wildman–Crippen LogP) is 6.18. The molecule has 0 unspecified atom stereocenters. The molecule has 3 aromatic rings. The average molecular weight is 352 g/mol. The Morgan fingerprint density at radius 1 is 0.731 bits per heavy atom. The summed E-state index contributed by atoms with van der Waals surface area (Å²) in [5.74, 6) is 0.0772. The van der Waals surface area contributed by atoms with Crippen molar-refractivity contribution in [2.45, 2.75) is 31.4 Å². The van der Waals surface area contributed by atoms with E-state index in [2.05, 4.69) is 24.3 Å². The summed E-state index contributed by atoms with van der Waals surface area (Å²) in [4.78, 5) is 0. The highest BCUT2D eigenvalue weighted by molar-refractivity contribution is 5.46. The molecule has 3 heteroatoms. The minimum Gasteiger partial charge on any atom is -0.166 e. The van der Waals surface area contributed by atoms with Gasteiger partial charge in [-0.2, -0.15) is 13.2 Å². The van der Waals surface area contributed by atoms with Crippen LogP contribution in [0.2, 0.25) is 0 Å². The van der Waals surface area contributed by atoms with Gasteiger partial charge in [-0.05, 0) is 53.1 Å². The molecule has 1 aliphatic carbocycles. The van der Waals surface area contributed by atoms with Crippen LogP contribution in [0.25, 0.3) is 0 Å². The molecule has 0 amide bonds. The number of hydrogen-bond acceptors (Lipinski definition) is 0. The van der Waals surface area contributed by atoms with Gasteiger partial charge in [-0.15, -0.1) is 0 Å². The first-order chi connectivity index (χ1) is 12.5. The van der Waals surface area contributed by atoms with Crippen molar-refractivity contribution in [3.8, 4) is 0 Å². The molecule has 0 heterocycles. The molecular weight excluding hydrogens is 333 g/mol. The van der Waals surface area contributed by atoms with Crippen LogP contribution in [-0.4, -0.2) is 0 Å². The van der Waals surface area contributed by atoms with E-state index in [4.69, 9.17) is 0 Å². The van der Waals surface area contributed by atoms with Crippen LogP contribution in [-0.2, 0) is 25.4 Å². The highest BCUT2D eigenvalue weighted by Crippen LogP contribution is 2.37. The zero-order chi connectivity index (χ0) is 18.1. The summed E-state index contributed by atoms with van der Waals surface area (Å²) >= 11 is 0. The number of rotatable bonds is 2. The average Bonchev–Trinajstić information content (AvgIpc) is 2.79. The van der Waals surface area contributed by atoms with Crippen molar-refractivity contribution in [2.24, 2.45) is 0 Å². The van der Waals surface area contributed by atoms with Crippen molar-refractivity contribution in [1.82, 2.24) is 0 Å². The van der Waals surface area contributed by atoms with Gasteiger partial charge < -0.3 is 0 Å². The highest BCUT2D eigenvalue weighted by Gasteiger charge is 2.31. The maximum absolute atomic E-state index is 13.1. The smallest absolute Gasteiger partial charge is 0.166 e. The Kier molecular flexibility index (Phi) is 4.31. The molecule has 4 rings (SSSR count). The summed E-state index contributed by atoms with van der Waals surface area (Å²) in [5, 5.41) is 0. The molecule has 0 saturated carbocycles. The van der Waals surface area contributed by atoms with Crippen LogP contribution in [0, 0.1) is 0 Å². The van der Waals surface area contributed by atoms with Gasteiger partial charge in [0.2, 0.25) is 0 Å². The predicted molar refractivity (Wildman–Crippen MR) is 97.3 cm³/mol. The number of fused-ring (bicyclic) bond motifs is 2. The minimum atomic E-state index is -4.31. The summed E-state index contributed by atoms with van der Waals surface area (Å²) in [6, 6.07) is 22.4. The minimum absolute atomic E-state index is 0.0772. The van der Waals surface area contributed by atoms with Gasteiger partial charge in [0.15, 0.2) is 0 Å². The van der Waals surface area contributed by atoms with E-state index in [1.807, 2.05) is 24.3 Å². The van der Waals surface area contributed by atoms with E-state index >= 15 is 0 Å². The van der Waals surface area contributed by atoms with E-state index in [-0.39, 0.29) is 5.92 Å². The van der Waals surface area contributed by atoms with E-state index in [1.54, 1.807) is 6.07 Å². The molecule has 0 bridgehead atoms. The fourth-order valence-corrected chi connectivity index (χ4v) is 3.97. The Morgan fingerprint density at radius 3 is 1.88 bits per heavy atom. The Bertz CT molecular complexity index is 877. The Morgan fingerprint density at radius 2 is 1.31 bits per heavy atom. The molecule has 0 radical (unpaired) electrons. The van der Waals surface area contributed by atoms with E-state index < -0.39 is 11.7 Å². The molecule has 0 atom stereocenters. The van der Waals surface area contributed by atoms with Crippen molar-refractivity contribution in [3.63, 3.8) is 0 Å². The van der Waals surface area contributed by atoms with Crippen LogP contribution in [0.1, 0.15) is 39.3 Å². The van der Waals surface area contributed by atoms with Crippen LogP contribution in [0.3, 0.4) is 0 Å². The van der Waals surface area contributed by atoms with Crippen molar-refractivity contribution < 1.29 is 13.2 Å². The summed E-state index contributed by atoms with van der Waals surface area (Å²) in [7, 11) is 0. The second kappa shape index (κ2) is 6.64. The molecule has 0 saturated heterocycles. The molecule has 0 nitrogen and oxygen atoms in total. The van der Waals surface area contributed by atoms with E-state index in [0.29, 0.717) is 6.42 Å². The largest absolute Gasteiger partial charge is 0.416 e. The SMILES string of the molecule is FC(F)(F)c1cccc(CC2c3ccccc3CCc3ccccc32)c1. The zero-order valence-electron chi connectivity index (χ0n) is 14.3. The molecule has 26 heavy (non-hydrogen) atoms. The second-order valence-electron chi connectivity index (χ2n) is 6.85. The number of hydrogen-bond donors (Lipinski definition) is 0. The highest BCUT2D eigenvalue weighted by atomic mass is 19.4. The lowest BCUT2D eigenvalue weighted by atomic mass is 9.83. The van der Waals surface area contributed by atoms with Crippen LogP contribution in [0.15, 0.2) is 72.8 Å². The first kappa shape index (κ1) is 16.9. The topological polar surface area (TPSA) is 0 Å². The van der Waals surface area contributed by atoms with E-state index in [0.717, 1.165) is 24.5 Å². The summed E-state index contributed by atoms with van der Waals surface area (Å²) < 4.78 is 39.3. The Labute approximate surface area is 151 Å². The molecule has 132 valence electrons. The normalized spacial score (nSPS) is 14.4. The van der Waals surface area contributed by atoms with Gasteiger partial charge in [-0.25, -0.2) is 0 Å². The van der Waals surface area contributed by atoms with Gasteiger partial charge in [0, 0.05) is 5.92 Å². The quantitative estimate of drug-likeness (QED) is 0.517. The number of benzene rings is 3. The van der Waals surface area contributed by atoms with Crippen molar-refractivity contribution >= 4 is 0 Å². The van der Waals surface area contributed by atoms with Crippen LogP contribution >= 0.6 is 0 Å². The van der Waals surface area contributed by atoms with E-state index in [9.17, 15) is 13.2 Å². The Balaban J connectivity index is 1.79. The molecule has 1 aliphatic rings. The third-order valence-electron chi connectivity index (χ3n) is 5.22. The van der Waals surface area contributed by atoms with Crippen molar-refractivity contribution in [3.05, 3.63) is 106 Å². The third-order valence-corrected chi connectivity index (χ3v) is 5.22. The third kappa shape index (κ3) is 3.26. The molecule has 0 spiro atoms. The van der Waals surface area contributed by atoms with Crippen LogP contribution in [0.5, 0.6) is 0 Å². The van der Waals surface area contributed by atoms with Crippen LogP contribution in [0.4, 0.5) is 13.2 Å². The van der Waals surface area contributed by atoms with Gasteiger partial charge >= 0.3 is 6.18 Å². The van der Waals surface area contributed by atoms with Crippen molar-refractivity contribution in [1.29, 1.82) is 0 Å². The lowest BCUT2D eigenvalue weighted by Gasteiger charge is -2.21. The summed E-state index contributed by atoms with van der Waals surface area (Å²) in [6.45, 7) is 0. The molecular formula is C23H19F3. The van der Waals surface area contributed by atoms with Gasteiger partial charge in [0.05, 0.1) is 5.56 Å².